The van der Waals surface area contributed by atoms with Gasteiger partial charge in [0.1, 0.15) is 0 Å². The smallest absolute Gasteiger partial charge is 0.207 e. The highest BCUT2D eigenvalue weighted by Gasteiger charge is 2.43. The SMILES string of the molecule is CC(C)CCC(O[Si](CI)(C(C)C)C(C)C)C(C)C. The Kier molecular flexibility index (Phi) is 9.46. The molecule has 3 heteroatoms. The zero-order chi connectivity index (χ0) is 15.2. The van der Waals surface area contributed by atoms with Crippen molar-refractivity contribution in [2.45, 2.75) is 85.4 Å². The third kappa shape index (κ3) is 6.04. The van der Waals surface area contributed by atoms with Crippen molar-refractivity contribution >= 4 is 30.9 Å². The van der Waals surface area contributed by atoms with E-state index in [1.165, 1.54) is 16.9 Å². The van der Waals surface area contributed by atoms with E-state index in [1.807, 2.05) is 0 Å². The second-order valence-corrected chi connectivity index (χ2v) is 14.3. The highest BCUT2D eigenvalue weighted by Crippen LogP contribution is 2.37. The van der Waals surface area contributed by atoms with Gasteiger partial charge in [-0.1, -0.05) is 78.0 Å². The molecule has 0 aromatic carbocycles. The summed E-state index contributed by atoms with van der Waals surface area (Å²) in [5.41, 5.74) is 1.40. The first-order valence-electron chi connectivity index (χ1n) is 7.91. The van der Waals surface area contributed by atoms with Crippen LogP contribution in [-0.4, -0.2) is 18.5 Å². The summed E-state index contributed by atoms with van der Waals surface area (Å²) in [6, 6.07) is 0. The second kappa shape index (κ2) is 9.03. The van der Waals surface area contributed by atoms with Crippen LogP contribution >= 0.6 is 22.6 Å². The summed E-state index contributed by atoms with van der Waals surface area (Å²) in [5.74, 6) is 1.41. The van der Waals surface area contributed by atoms with Crippen LogP contribution in [-0.2, 0) is 4.43 Å². The molecule has 0 aliphatic heterocycles. The highest BCUT2D eigenvalue weighted by atomic mass is 127. The molecule has 0 spiro atoms. The largest absolute Gasteiger partial charge is 0.412 e. The van der Waals surface area contributed by atoms with Crippen LogP contribution in [0.15, 0.2) is 0 Å². The Morgan fingerprint density at radius 1 is 0.842 bits per heavy atom. The van der Waals surface area contributed by atoms with Gasteiger partial charge in [-0.05, 0) is 35.8 Å². The molecule has 0 heterocycles. The van der Waals surface area contributed by atoms with Crippen molar-refractivity contribution in [3.8, 4) is 0 Å². The molecule has 0 aliphatic carbocycles. The van der Waals surface area contributed by atoms with Gasteiger partial charge in [0.05, 0.1) is 0 Å². The van der Waals surface area contributed by atoms with Crippen LogP contribution in [0.1, 0.15) is 68.2 Å². The Bertz CT molecular complexity index is 231. The first-order chi connectivity index (χ1) is 8.67. The Morgan fingerprint density at radius 3 is 1.58 bits per heavy atom. The average Bonchev–Trinajstić information content (AvgIpc) is 2.27. The fourth-order valence-corrected chi connectivity index (χ4v) is 11.9. The topological polar surface area (TPSA) is 9.23 Å². The van der Waals surface area contributed by atoms with Gasteiger partial charge < -0.3 is 4.43 Å². The number of alkyl halides is 1. The molecule has 0 bridgehead atoms. The molecular formula is C16H35IOSi. The molecule has 116 valence electrons. The highest BCUT2D eigenvalue weighted by molar-refractivity contribution is 14.1. The quantitative estimate of drug-likeness (QED) is 0.255. The lowest BCUT2D eigenvalue weighted by Gasteiger charge is -2.41. The van der Waals surface area contributed by atoms with E-state index in [0.717, 1.165) is 5.92 Å². The molecule has 0 fully saturated rings. The van der Waals surface area contributed by atoms with Crippen molar-refractivity contribution in [2.24, 2.45) is 11.8 Å². The van der Waals surface area contributed by atoms with E-state index in [-0.39, 0.29) is 0 Å². The van der Waals surface area contributed by atoms with Crippen LogP contribution in [0.5, 0.6) is 0 Å². The fourth-order valence-electron chi connectivity index (χ4n) is 2.59. The minimum atomic E-state index is -1.64. The second-order valence-electron chi connectivity index (χ2n) is 7.27. The van der Waals surface area contributed by atoms with Crippen molar-refractivity contribution in [3.63, 3.8) is 0 Å². The van der Waals surface area contributed by atoms with Gasteiger partial charge in [0.2, 0.25) is 8.32 Å². The van der Waals surface area contributed by atoms with Gasteiger partial charge in [0.15, 0.2) is 0 Å². The molecule has 0 aliphatic rings. The molecule has 0 saturated heterocycles. The lowest BCUT2D eigenvalue weighted by molar-refractivity contribution is 0.118. The lowest BCUT2D eigenvalue weighted by Crippen LogP contribution is -2.50. The van der Waals surface area contributed by atoms with Gasteiger partial charge in [-0.25, -0.2) is 0 Å². The lowest BCUT2D eigenvalue weighted by atomic mass is 9.98. The molecule has 0 saturated carbocycles. The summed E-state index contributed by atoms with van der Waals surface area (Å²) in [6.07, 6.45) is 2.96. The van der Waals surface area contributed by atoms with Gasteiger partial charge in [-0.15, -0.1) is 0 Å². The van der Waals surface area contributed by atoms with E-state index < -0.39 is 8.32 Å². The van der Waals surface area contributed by atoms with E-state index in [2.05, 4.69) is 78.0 Å². The third-order valence-electron chi connectivity index (χ3n) is 4.31. The number of halogens is 1. The van der Waals surface area contributed by atoms with Crippen molar-refractivity contribution in [1.82, 2.24) is 0 Å². The average molecular weight is 398 g/mol. The van der Waals surface area contributed by atoms with Crippen LogP contribution in [0.2, 0.25) is 11.1 Å². The number of rotatable bonds is 9. The zero-order valence-electron chi connectivity index (χ0n) is 14.3. The van der Waals surface area contributed by atoms with Crippen LogP contribution < -0.4 is 0 Å². The van der Waals surface area contributed by atoms with E-state index in [0.29, 0.717) is 23.1 Å². The summed E-state index contributed by atoms with van der Waals surface area (Å²) >= 11 is 2.57. The molecule has 1 nitrogen and oxygen atoms in total. The molecule has 0 radical (unpaired) electrons. The Labute approximate surface area is 136 Å². The van der Waals surface area contributed by atoms with Crippen molar-refractivity contribution in [1.29, 1.82) is 0 Å². The normalized spacial score (nSPS) is 15.0. The van der Waals surface area contributed by atoms with Crippen molar-refractivity contribution in [2.75, 3.05) is 4.05 Å². The van der Waals surface area contributed by atoms with E-state index >= 15 is 0 Å². The Morgan fingerprint density at radius 2 is 1.32 bits per heavy atom. The van der Waals surface area contributed by atoms with Crippen LogP contribution in [0, 0.1) is 11.8 Å². The van der Waals surface area contributed by atoms with Crippen LogP contribution in [0.3, 0.4) is 0 Å². The summed E-state index contributed by atoms with van der Waals surface area (Å²) in [7, 11) is -1.64. The standard InChI is InChI=1S/C16H35IOSi/c1-12(2)9-10-16(13(3)4)18-19(11-17,14(5)6)15(7)8/h12-16H,9-11H2,1-8H3. The summed E-state index contributed by atoms with van der Waals surface area (Å²) in [6.45, 7) is 18.7. The summed E-state index contributed by atoms with van der Waals surface area (Å²) in [5, 5.41) is 0. The monoisotopic (exact) mass is 398 g/mol. The fraction of sp³-hybridized carbons (Fsp3) is 1.00. The summed E-state index contributed by atoms with van der Waals surface area (Å²) < 4.78 is 8.07. The molecule has 0 rings (SSSR count). The molecule has 1 unspecified atom stereocenters. The van der Waals surface area contributed by atoms with Crippen molar-refractivity contribution in [3.05, 3.63) is 0 Å². The number of hydrogen-bond donors (Lipinski definition) is 0. The van der Waals surface area contributed by atoms with Gasteiger partial charge in [-0.3, -0.25) is 0 Å². The van der Waals surface area contributed by atoms with Gasteiger partial charge >= 0.3 is 0 Å². The van der Waals surface area contributed by atoms with E-state index in [1.54, 1.807) is 0 Å². The molecule has 1 atom stereocenters. The first kappa shape index (κ1) is 19.9. The van der Waals surface area contributed by atoms with E-state index in [4.69, 9.17) is 4.43 Å². The zero-order valence-corrected chi connectivity index (χ0v) is 17.5. The molecule has 0 amide bonds. The summed E-state index contributed by atoms with van der Waals surface area (Å²) in [4.78, 5) is 0. The molecule has 0 aromatic heterocycles. The molecule has 19 heavy (non-hydrogen) atoms. The van der Waals surface area contributed by atoms with Crippen LogP contribution in [0.25, 0.3) is 0 Å². The van der Waals surface area contributed by atoms with Gasteiger partial charge in [-0.2, -0.15) is 0 Å². The maximum absolute atomic E-state index is 6.85. The predicted octanol–water partition coefficient (Wildman–Crippen LogP) is 6.20. The van der Waals surface area contributed by atoms with E-state index in [9.17, 15) is 0 Å². The molecular weight excluding hydrogens is 363 g/mol. The predicted molar refractivity (Wildman–Crippen MR) is 98.6 cm³/mol. The van der Waals surface area contributed by atoms with Crippen molar-refractivity contribution < 1.29 is 4.43 Å². The number of hydrogen-bond acceptors (Lipinski definition) is 1. The van der Waals surface area contributed by atoms with Gasteiger partial charge in [0.25, 0.3) is 0 Å². The maximum atomic E-state index is 6.85. The Hall–Kier alpha value is 0.907. The molecule has 0 N–H and O–H groups in total. The first-order valence-corrected chi connectivity index (χ1v) is 11.7. The minimum Gasteiger partial charge on any atom is -0.412 e. The molecule has 0 aromatic rings. The minimum absolute atomic E-state index is 0.452. The Balaban J connectivity index is 4.94. The van der Waals surface area contributed by atoms with Crippen LogP contribution in [0.4, 0.5) is 0 Å². The maximum Gasteiger partial charge on any atom is 0.207 e. The van der Waals surface area contributed by atoms with Gasteiger partial charge in [0, 0.05) is 10.2 Å². The third-order valence-corrected chi connectivity index (χ3v) is 13.0.